The number of aryl methyl sites for hydroxylation is 1. The lowest BCUT2D eigenvalue weighted by Gasteiger charge is -1.99. The van der Waals surface area contributed by atoms with Crippen molar-refractivity contribution < 1.29 is 4.68 Å². The van der Waals surface area contributed by atoms with Crippen LogP contribution in [0.25, 0.3) is 21.9 Å². The number of H-pyrrole nitrogens is 1. The van der Waals surface area contributed by atoms with Crippen molar-refractivity contribution in [3.63, 3.8) is 0 Å². The summed E-state index contributed by atoms with van der Waals surface area (Å²) in [5.41, 5.74) is 9.68. The van der Waals surface area contributed by atoms with Crippen LogP contribution in [0.2, 0.25) is 0 Å². The van der Waals surface area contributed by atoms with Gasteiger partial charge in [-0.1, -0.05) is 18.2 Å². The predicted molar refractivity (Wildman–Crippen MR) is 59.2 cm³/mol. The van der Waals surface area contributed by atoms with Crippen molar-refractivity contribution in [3.8, 4) is 0 Å². The van der Waals surface area contributed by atoms with Crippen LogP contribution < -0.4 is 10.4 Å². The summed E-state index contributed by atoms with van der Waals surface area (Å²) >= 11 is 0. The number of para-hydroxylation sites is 1. The number of nitrogens with one attached hydrogen (secondary N) is 1. The van der Waals surface area contributed by atoms with Gasteiger partial charge in [0.25, 0.3) is 5.52 Å². The van der Waals surface area contributed by atoms with E-state index < -0.39 is 0 Å². The van der Waals surface area contributed by atoms with E-state index in [2.05, 4.69) is 10.1 Å². The highest BCUT2D eigenvalue weighted by Gasteiger charge is 2.15. The Balaban J connectivity index is 2.62. The average molecular weight is 199 g/mol. The van der Waals surface area contributed by atoms with E-state index in [9.17, 15) is 0 Å². The second-order valence-electron chi connectivity index (χ2n) is 3.61. The molecule has 0 atom stereocenters. The van der Waals surface area contributed by atoms with Crippen LogP contribution in [-0.2, 0) is 7.05 Å². The number of aromatic nitrogens is 3. The van der Waals surface area contributed by atoms with E-state index in [0.717, 1.165) is 27.6 Å². The number of rotatable bonds is 0. The topological polar surface area (TPSA) is 58.6 Å². The summed E-state index contributed by atoms with van der Waals surface area (Å²) in [5, 5.41) is 4.07. The molecular weight excluding hydrogens is 188 g/mol. The molecule has 0 aliphatic carbocycles. The summed E-state index contributed by atoms with van der Waals surface area (Å²) in [6.45, 7) is 0. The summed E-state index contributed by atoms with van der Waals surface area (Å²) in [7, 11) is 1.93. The second-order valence-corrected chi connectivity index (χ2v) is 3.61. The molecule has 0 aliphatic heterocycles. The van der Waals surface area contributed by atoms with Crippen LogP contribution in [-0.4, -0.2) is 10.1 Å². The van der Waals surface area contributed by atoms with Gasteiger partial charge in [0.2, 0.25) is 0 Å². The van der Waals surface area contributed by atoms with Gasteiger partial charge in [-0.15, -0.1) is 4.68 Å². The van der Waals surface area contributed by atoms with Gasteiger partial charge in [-0.05, 0) is 6.07 Å². The third kappa shape index (κ3) is 1.01. The van der Waals surface area contributed by atoms with Crippen molar-refractivity contribution in [2.75, 3.05) is 5.73 Å². The van der Waals surface area contributed by atoms with Crippen LogP contribution in [0.1, 0.15) is 0 Å². The third-order valence-corrected chi connectivity index (χ3v) is 2.66. The van der Waals surface area contributed by atoms with E-state index in [1.165, 1.54) is 0 Å². The molecule has 0 saturated carbocycles. The number of nitrogens with zero attached hydrogens (tertiary/aromatic N) is 2. The van der Waals surface area contributed by atoms with E-state index >= 15 is 0 Å². The van der Waals surface area contributed by atoms with Crippen molar-refractivity contribution in [2.24, 2.45) is 7.05 Å². The Hall–Kier alpha value is -2.10. The van der Waals surface area contributed by atoms with Crippen LogP contribution in [0.15, 0.2) is 30.5 Å². The summed E-state index contributed by atoms with van der Waals surface area (Å²) in [4.78, 5) is 4.53. The van der Waals surface area contributed by atoms with Gasteiger partial charge in [0.15, 0.2) is 12.6 Å². The molecule has 3 N–H and O–H groups in total. The maximum Gasteiger partial charge on any atom is 0.279 e. The van der Waals surface area contributed by atoms with Crippen molar-refractivity contribution in [1.82, 2.24) is 10.1 Å². The van der Waals surface area contributed by atoms with Crippen LogP contribution in [0.3, 0.4) is 0 Å². The number of hydrogen-bond donors (Lipinski definition) is 2. The molecule has 0 bridgehead atoms. The maximum absolute atomic E-state index is 6.12. The Morgan fingerprint density at radius 2 is 2.07 bits per heavy atom. The molecule has 0 saturated heterocycles. The number of anilines is 1. The number of nitrogens with two attached hydrogens (primary N) is 1. The first-order valence-electron chi connectivity index (χ1n) is 4.79. The molecule has 74 valence electrons. The minimum atomic E-state index is 0.777. The Kier molecular flexibility index (Phi) is 1.48. The highest BCUT2D eigenvalue weighted by Crippen LogP contribution is 2.24. The number of pyridine rings is 1. The Morgan fingerprint density at radius 3 is 2.93 bits per heavy atom. The molecule has 0 radical (unpaired) electrons. The van der Waals surface area contributed by atoms with E-state index in [-0.39, 0.29) is 0 Å². The lowest BCUT2D eigenvalue weighted by molar-refractivity contribution is -0.702. The van der Waals surface area contributed by atoms with E-state index in [0.29, 0.717) is 0 Å². The van der Waals surface area contributed by atoms with Crippen LogP contribution in [0.5, 0.6) is 0 Å². The summed E-state index contributed by atoms with van der Waals surface area (Å²) < 4.78 is 1.88. The summed E-state index contributed by atoms with van der Waals surface area (Å²) in [6, 6.07) is 7.90. The zero-order valence-electron chi connectivity index (χ0n) is 8.36. The second kappa shape index (κ2) is 2.70. The first-order valence-corrected chi connectivity index (χ1v) is 4.79. The molecule has 0 unspecified atom stereocenters. The van der Waals surface area contributed by atoms with E-state index in [1.54, 1.807) is 0 Å². The van der Waals surface area contributed by atoms with Crippen molar-refractivity contribution in [3.05, 3.63) is 30.5 Å². The fourth-order valence-corrected chi connectivity index (χ4v) is 1.92. The number of hydrogen-bond acceptors (Lipinski definition) is 2. The van der Waals surface area contributed by atoms with Crippen LogP contribution in [0, 0.1) is 0 Å². The number of benzene rings is 1. The summed E-state index contributed by atoms with van der Waals surface area (Å²) in [5.74, 6) is 0. The highest BCUT2D eigenvalue weighted by atomic mass is 15.3. The fourth-order valence-electron chi connectivity index (χ4n) is 1.92. The molecule has 0 aliphatic rings. The van der Waals surface area contributed by atoms with Gasteiger partial charge in [0.1, 0.15) is 5.69 Å². The van der Waals surface area contributed by atoms with E-state index in [4.69, 9.17) is 5.73 Å². The molecule has 4 nitrogen and oxygen atoms in total. The highest BCUT2D eigenvalue weighted by molar-refractivity contribution is 6.02. The lowest BCUT2D eigenvalue weighted by atomic mass is 10.1. The monoisotopic (exact) mass is 199 g/mol. The molecule has 0 amide bonds. The van der Waals surface area contributed by atoms with Crippen molar-refractivity contribution >= 4 is 27.6 Å². The van der Waals surface area contributed by atoms with Gasteiger partial charge in [-0.25, -0.2) is 4.98 Å². The third-order valence-electron chi connectivity index (χ3n) is 2.66. The molecule has 3 rings (SSSR count). The lowest BCUT2D eigenvalue weighted by Crippen LogP contribution is -2.30. The van der Waals surface area contributed by atoms with Crippen molar-refractivity contribution in [2.45, 2.75) is 0 Å². The first-order chi connectivity index (χ1) is 7.27. The van der Waals surface area contributed by atoms with Gasteiger partial charge in [0, 0.05) is 5.39 Å². The molecular formula is C11H11N4+. The number of fused-ring (bicyclic) bond motifs is 2. The smallest absolute Gasteiger partial charge is 0.279 e. The number of aromatic amines is 1. The minimum Gasteiger partial charge on any atom is -0.393 e. The van der Waals surface area contributed by atoms with Crippen LogP contribution >= 0.6 is 0 Å². The molecule has 0 fully saturated rings. The van der Waals surface area contributed by atoms with Crippen LogP contribution in [0.4, 0.5) is 5.69 Å². The standard InChI is InChI=1S/C11H10N4/c1-15-11-9(6-13-15)14-8-5-3-2-4-7(8)10(11)12/h2-6H,1H3,(H2,12,14)/p+1. The fraction of sp³-hybridized carbons (Fsp3) is 0.0909. The molecule has 4 heteroatoms. The molecule has 3 aromatic rings. The van der Waals surface area contributed by atoms with Gasteiger partial charge in [-0.3, -0.25) is 0 Å². The Labute approximate surface area is 86.3 Å². The minimum absolute atomic E-state index is 0.777. The average Bonchev–Trinajstić information content (AvgIpc) is 2.61. The SMILES string of the molecule is C[n+]1[nH]cc2nc3ccccc3c(N)c21. The van der Waals surface area contributed by atoms with Gasteiger partial charge in [0.05, 0.1) is 11.7 Å². The number of nitrogen functional groups attached to an aromatic ring is 1. The Bertz CT molecular complexity index is 654. The molecule has 15 heavy (non-hydrogen) atoms. The van der Waals surface area contributed by atoms with Crippen molar-refractivity contribution in [1.29, 1.82) is 0 Å². The molecule has 1 aromatic carbocycles. The zero-order valence-corrected chi connectivity index (χ0v) is 8.36. The zero-order chi connectivity index (χ0) is 10.4. The largest absolute Gasteiger partial charge is 0.393 e. The first kappa shape index (κ1) is 8.23. The molecule has 2 aromatic heterocycles. The normalized spacial score (nSPS) is 11.3. The quantitative estimate of drug-likeness (QED) is 0.533. The predicted octanol–water partition coefficient (Wildman–Crippen LogP) is 1.12. The summed E-state index contributed by atoms with van der Waals surface area (Å²) in [6.07, 6.45) is 1.86. The van der Waals surface area contributed by atoms with E-state index in [1.807, 2.05) is 42.2 Å². The molecule has 2 heterocycles. The van der Waals surface area contributed by atoms with Gasteiger partial charge < -0.3 is 5.73 Å². The molecule has 0 spiro atoms. The van der Waals surface area contributed by atoms with Gasteiger partial charge in [-0.2, -0.15) is 5.10 Å². The van der Waals surface area contributed by atoms with Gasteiger partial charge >= 0.3 is 0 Å². The Morgan fingerprint density at radius 1 is 1.27 bits per heavy atom. The maximum atomic E-state index is 6.12.